The summed E-state index contributed by atoms with van der Waals surface area (Å²) in [5.41, 5.74) is 0.854. The van der Waals surface area contributed by atoms with Crippen molar-refractivity contribution in [3.8, 4) is 0 Å². The molecule has 0 saturated heterocycles. The summed E-state index contributed by atoms with van der Waals surface area (Å²) in [7, 11) is 0. The summed E-state index contributed by atoms with van der Waals surface area (Å²) in [6.07, 6.45) is 0. The van der Waals surface area contributed by atoms with Crippen LogP contribution in [0.15, 0.2) is 60.7 Å². The van der Waals surface area contributed by atoms with E-state index >= 15 is 0 Å². The van der Waals surface area contributed by atoms with E-state index in [0.717, 1.165) is 0 Å². The van der Waals surface area contributed by atoms with E-state index in [4.69, 9.17) is 0 Å². The van der Waals surface area contributed by atoms with E-state index in [-0.39, 0.29) is 103 Å². The van der Waals surface area contributed by atoms with E-state index in [2.05, 4.69) is 0 Å². The molecule has 0 atom stereocenters. The molecule has 0 aliphatic heterocycles. The quantitative estimate of drug-likeness (QED) is 0.316. The van der Waals surface area contributed by atoms with Crippen LogP contribution in [0.5, 0.6) is 0 Å². The van der Waals surface area contributed by atoms with E-state index in [9.17, 15) is 10.2 Å². The second-order valence-corrected chi connectivity index (χ2v) is 3.39. The molecule has 0 aromatic heterocycles. The summed E-state index contributed by atoms with van der Waals surface area (Å²) in [5.74, 6) is -0.932. The molecule has 80 valence electrons. The zero-order valence-electron chi connectivity index (χ0n) is 10.6. The Morgan fingerprint density at radius 1 is 0.556 bits per heavy atom. The Balaban J connectivity index is 0.00000144. The van der Waals surface area contributed by atoms with Crippen molar-refractivity contribution in [1.29, 1.82) is 0 Å². The molecule has 18 heavy (non-hydrogen) atoms. The third-order valence-electron chi connectivity index (χ3n) is 2.28. The molecular formula is C14H10K2O2. The third-order valence-corrected chi connectivity index (χ3v) is 2.28. The van der Waals surface area contributed by atoms with Gasteiger partial charge in [-0.25, -0.2) is 0 Å². The summed E-state index contributed by atoms with van der Waals surface area (Å²) in [6, 6.07) is 17.2. The van der Waals surface area contributed by atoms with Crippen LogP contribution in [0, 0.1) is 0 Å². The molecule has 4 heteroatoms. The van der Waals surface area contributed by atoms with Crippen LogP contribution in [0.1, 0.15) is 11.1 Å². The summed E-state index contributed by atoms with van der Waals surface area (Å²) >= 11 is 0. The average molecular weight is 288 g/mol. The molecular weight excluding hydrogens is 278 g/mol. The first-order valence-corrected chi connectivity index (χ1v) is 4.98. The van der Waals surface area contributed by atoms with Crippen molar-refractivity contribution < 1.29 is 113 Å². The van der Waals surface area contributed by atoms with Crippen molar-refractivity contribution >= 4 is 11.5 Å². The maximum Gasteiger partial charge on any atom is 1.00 e. The number of rotatable bonds is 2. The van der Waals surface area contributed by atoms with Gasteiger partial charge in [-0.2, -0.15) is 0 Å². The van der Waals surface area contributed by atoms with Crippen molar-refractivity contribution in [2.75, 3.05) is 0 Å². The molecule has 0 aliphatic carbocycles. The van der Waals surface area contributed by atoms with Crippen molar-refractivity contribution in [2.45, 2.75) is 0 Å². The number of hydrogen-bond donors (Lipinski definition) is 0. The SMILES string of the molecule is [K+].[K+].[O-]/C(=C(/[O-])c1ccccc1)c1ccccc1. The van der Waals surface area contributed by atoms with E-state index in [1.807, 2.05) is 12.1 Å². The molecule has 0 unspecified atom stereocenters. The number of hydrogen-bond acceptors (Lipinski definition) is 2. The molecule has 2 aromatic rings. The van der Waals surface area contributed by atoms with E-state index < -0.39 is 11.5 Å². The van der Waals surface area contributed by atoms with Gasteiger partial charge in [-0.15, -0.1) is 11.5 Å². The van der Waals surface area contributed by atoms with Gasteiger partial charge in [0.05, 0.1) is 0 Å². The Bertz CT molecular complexity index is 448. The second-order valence-electron chi connectivity index (χ2n) is 3.39. The van der Waals surface area contributed by atoms with Crippen LogP contribution in [0.25, 0.3) is 11.5 Å². The second kappa shape index (κ2) is 9.88. The maximum atomic E-state index is 11.8. The number of benzene rings is 2. The minimum atomic E-state index is -0.466. The Labute approximate surface area is 192 Å². The average Bonchev–Trinajstić information content (AvgIpc) is 2.39. The van der Waals surface area contributed by atoms with E-state index in [1.54, 1.807) is 48.5 Å². The van der Waals surface area contributed by atoms with Gasteiger partial charge in [0, 0.05) is 0 Å². The van der Waals surface area contributed by atoms with Crippen LogP contribution in [-0.4, -0.2) is 0 Å². The molecule has 0 spiro atoms. The summed E-state index contributed by atoms with van der Waals surface area (Å²) in [5, 5.41) is 23.6. The molecule has 0 saturated carbocycles. The van der Waals surface area contributed by atoms with Crippen molar-refractivity contribution in [1.82, 2.24) is 0 Å². The molecule has 0 N–H and O–H groups in total. The van der Waals surface area contributed by atoms with Crippen molar-refractivity contribution in [3.63, 3.8) is 0 Å². The predicted octanol–water partition coefficient (Wildman–Crippen LogP) is -4.76. The molecule has 0 radical (unpaired) electrons. The van der Waals surface area contributed by atoms with Crippen LogP contribution in [-0.2, 0) is 0 Å². The Kier molecular flexibility index (Phi) is 10.5. The molecule has 2 rings (SSSR count). The first-order valence-electron chi connectivity index (χ1n) is 4.98. The largest absolute Gasteiger partial charge is 1.00 e. The van der Waals surface area contributed by atoms with Gasteiger partial charge in [0.1, 0.15) is 0 Å². The van der Waals surface area contributed by atoms with Gasteiger partial charge in [0.25, 0.3) is 0 Å². The summed E-state index contributed by atoms with van der Waals surface area (Å²) < 4.78 is 0. The van der Waals surface area contributed by atoms with Crippen LogP contribution in [0.3, 0.4) is 0 Å². The van der Waals surface area contributed by atoms with Gasteiger partial charge in [0.15, 0.2) is 0 Å². The fourth-order valence-electron chi connectivity index (χ4n) is 1.44. The Morgan fingerprint density at radius 3 is 1.11 bits per heavy atom. The molecule has 0 aliphatic rings. The van der Waals surface area contributed by atoms with Gasteiger partial charge in [-0.05, 0) is 11.1 Å². The molecule has 0 heterocycles. The minimum Gasteiger partial charge on any atom is -0.872 e. The molecule has 2 aromatic carbocycles. The minimum absolute atomic E-state index is 0. The molecule has 0 bridgehead atoms. The van der Waals surface area contributed by atoms with Crippen LogP contribution in [0.4, 0.5) is 0 Å². The zero-order chi connectivity index (χ0) is 11.4. The van der Waals surface area contributed by atoms with Crippen LogP contribution in [0.2, 0.25) is 0 Å². The Morgan fingerprint density at radius 2 is 0.833 bits per heavy atom. The van der Waals surface area contributed by atoms with Crippen molar-refractivity contribution in [3.05, 3.63) is 71.8 Å². The fraction of sp³-hybridized carbons (Fsp3) is 0. The van der Waals surface area contributed by atoms with E-state index in [1.165, 1.54) is 0 Å². The normalized spacial score (nSPS) is 10.7. The first kappa shape index (κ1) is 19.1. The standard InChI is InChI=1S/C14H12O2.2K/c15-13(11-7-3-1-4-8-11)14(16)12-9-5-2-6-10-12;;/h1-10,15-16H;;/q;2*+1/p-2/b14-13+;;. The first-order chi connectivity index (χ1) is 7.79. The van der Waals surface area contributed by atoms with Gasteiger partial charge in [-0.1, -0.05) is 60.7 Å². The van der Waals surface area contributed by atoms with E-state index in [0.29, 0.717) is 11.1 Å². The van der Waals surface area contributed by atoms with Crippen molar-refractivity contribution in [2.24, 2.45) is 0 Å². The zero-order valence-corrected chi connectivity index (χ0v) is 16.8. The molecule has 2 nitrogen and oxygen atoms in total. The maximum absolute atomic E-state index is 11.8. The van der Waals surface area contributed by atoms with Gasteiger partial charge in [-0.3, -0.25) is 0 Å². The van der Waals surface area contributed by atoms with Gasteiger partial charge < -0.3 is 10.2 Å². The molecule has 0 fully saturated rings. The third kappa shape index (κ3) is 5.21. The topological polar surface area (TPSA) is 46.1 Å². The van der Waals surface area contributed by atoms with Crippen LogP contribution < -0.4 is 113 Å². The van der Waals surface area contributed by atoms with Gasteiger partial charge >= 0.3 is 103 Å². The summed E-state index contributed by atoms with van der Waals surface area (Å²) in [4.78, 5) is 0. The summed E-state index contributed by atoms with van der Waals surface area (Å²) in [6.45, 7) is 0. The van der Waals surface area contributed by atoms with Gasteiger partial charge in [0.2, 0.25) is 0 Å². The smallest absolute Gasteiger partial charge is 0.872 e. The Hall–Kier alpha value is 1.05. The predicted molar refractivity (Wildman–Crippen MR) is 59.7 cm³/mol. The fourth-order valence-corrected chi connectivity index (χ4v) is 1.44. The molecule has 0 amide bonds. The van der Waals surface area contributed by atoms with Crippen LogP contribution >= 0.6 is 0 Å². The monoisotopic (exact) mass is 288 g/mol.